The molecule has 25 heavy (non-hydrogen) atoms. The Kier molecular flexibility index (Phi) is 6.26. The summed E-state index contributed by atoms with van der Waals surface area (Å²) in [6.45, 7) is 6.71. The van der Waals surface area contributed by atoms with Gasteiger partial charge in [-0.1, -0.05) is 54.6 Å². The number of rotatable bonds is 6. The maximum absolute atomic E-state index is 2.55. The molecule has 1 fully saturated rings. The Morgan fingerprint density at radius 1 is 0.840 bits per heavy atom. The van der Waals surface area contributed by atoms with E-state index in [0.29, 0.717) is 0 Å². The maximum Gasteiger partial charge on any atom is 0.0361 e. The Bertz CT molecular complexity index is 653. The zero-order valence-corrected chi connectivity index (χ0v) is 15.4. The molecule has 0 unspecified atom stereocenters. The first-order valence-corrected chi connectivity index (χ1v) is 9.13. The molecule has 0 radical (unpaired) electrons. The summed E-state index contributed by atoms with van der Waals surface area (Å²) in [6.07, 6.45) is 4.52. The lowest BCUT2D eigenvalue weighted by Gasteiger charge is -2.34. The molecule has 3 rings (SSSR count). The number of piperazine rings is 1. The molecule has 1 heterocycles. The quantitative estimate of drug-likeness (QED) is 0.799. The van der Waals surface area contributed by atoms with Crippen LogP contribution in [-0.2, 0) is 6.54 Å². The van der Waals surface area contributed by atoms with E-state index in [0.717, 1.165) is 39.3 Å². The zero-order valence-electron chi connectivity index (χ0n) is 15.4. The highest BCUT2D eigenvalue weighted by Gasteiger charge is 2.15. The maximum atomic E-state index is 2.55. The lowest BCUT2D eigenvalue weighted by Crippen LogP contribution is -2.45. The van der Waals surface area contributed by atoms with Crippen molar-refractivity contribution in [2.45, 2.75) is 6.54 Å². The molecule has 2 aromatic carbocycles. The summed E-state index contributed by atoms with van der Waals surface area (Å²) < 4.78 is 0. The highest BCUT2D eigenvalue weighted by molar-refractivity contribution is 5.55. The van der Waals surface area contributed by atoms with E-state index in [1.807, 2.05) is 0 Å². The van der Waals surface area contributed by atoms with Crippen molar-refractivity contribution in [2.75, 3.05) is 51.7 Å². The molecule has 1 saturated heterocycles. The van der Waals surface area contributed by atoms with Gasteiger partial charge in [-0.05, 0) is 23.3 Å². The molecule has 0 atom stereocenters. The molecule has 3 nitrogen and oxygen atoms in total. The predicted molar refractivity (Wildman–Crippen MR) is 108 cm³/mol. The van der Waals surface area contributed by atoms with Crippen LogP contribution in [0.3, 0.4) is 0 Å². The van der Waals surface area contributed by atoms with Gasteiger partial charge in [0, 0.05) is 59.1 Å². The summed E-state index contributed by atoms with van der Waals surface area (Å²) in [5.74, 6) is 0. The fourth-order valence-corrected chi connectivity index (χ4v) is 3.19. The van der Waals surface area contributed by atoms with E-state index in [2.05, 4.69) is 95.5 Å². The fraction of sp³-hybridized carbons (Fsp3) is 0.364. The van der Waals surface area contributed by atoms with E-state index in [-0.39, 0.29) is 0 Å². The topological polar surface area (TPSA) is 9.72 Å². The van der Waals surface area contributed by atoms with E-state index in [1.165, 1.54) is 16.8 Å². The number of hydrogen-bond donors (Lipinski definition) is 0. The van der Waals surface area contributed by atoms with Crippen LogP contribution in [0, 0.1) is 0 Å². The van der Waals surface area contributed by atoms with Crippen molar-refractivity contribution in [3.05, 3.63) is 71.8 Å². The number of anilines is 1. The molecule has 0 spiro atoms. The number of nitrogens with zero attached hydrogens (tertiary/aromatic N) is 3. The van der Waals surface area contributed by atoms with Gasteiger partial charge >= 0.3 is 0 Å². The summed E-state index contributed by atoms with van der Waals surface area (Å²) in [4.78, 5) is 7.21. The van der Waals surface area contributed by atoms with Crippen LogP contribution in [0.2, 0.25) is 0 Å². The smallest absolute Gasteiger partial charge is 0.0361 e. The monoisotopic (exact) mass is 335 g/mol. The molecular weight excluding hydrogens is 306 g/mol. The molecule has 0 amide bonds. The van der Waals surface area contributed by atoms with Gasteiger partial charge in [-0.3, -0.25) is 9.80 Å². The van der Waals surface area contributed by atoms with Gasteiger partial charge in [0.15, 0.2) is 0 Å². The van der Waals surface area contributed by atoms with Gasteiger partial charge in [0.05, 0.1) is 0 Å². The Morgan fingerprint density at radius 2 is 1.48 bits per heavy atom. The Hall–Kier alpha value is -2.10. The standard InChI is InChI=1S/C22H29N3/c1-23(2)22-12-10-20(11-13-22)9-6-14-24-15-17-25(18-16-24)19-21-7-4-3-5-8-21/h3-13H,14-19H2,1-2H3/b9-6+. The second kappa shape index (κ2) is 8.84. The molecule has 1 aliphatic heterocycles. The second-order valence-corrected chi connectivity index (χ2v) is 6.95. The Labute approximate surface area is 152 Å². The van der Waals surface area contributed by atoms with Gasteiger partial charge in [0.25, 0.3) is 0 Å². The summed E-state index contributed by atoms with van der Waals surface area (Å²) in [7, 11) is 4.14. The van der Waals surface area contributed by atoms with Gasteiger partial charge in [0.1, 0.15) is 0 Å². The SMILES string of the molecule is CN(C)c1ccc(/C=C/CN2CCN(Cc3ccccc3)CC2)cc1. The van der Waals surface area contributed by atoms with Gasteiger partial charge in [-0.15, -0.1) is 0 Å². The largest absolute Gasteiger partial charge is 0.378 e. The normalized spacial score (nSPS) is 16.4. The van der Waals surface area contributed by atoms with E-state index < -0.39 is 0 Å². The number of benzene rings is 2. The number of hydrogen-bond acceptors (Lipinski definition) is 3. The minimum atomic E-state index is 1.04. The van der Waals surface area contributed by atoms with Crippen molar-refractivity contribution in [3.8, 4) is 0 Å². The summed E-state index contributed by atoms with van der Waals surface area (Å²) in [5, 5.41) is 0. The minimum Gasteiger partial charge on any atom is -0.378 e. The fourth-order valence-electron chi connectivity index (χ4n) is 3.19. The van der Waals surface area contributed by atoms with Crippen LogP contribution < -0.4 is 4.90 Å². The average molecular weight is 335 g/mol. The first-order chi connectivity index (χ1) is 12.2. The molecule has 0 aliphatic carbocycles. The Morgan fingerprint density at radius 3 is 2.12 bits per heavy atom. The van der Waals surface area contributed by atoms with E-state index in [9.17, 15) is 0 Å². The van der Waals surface area contributed by atoms with Crippen LogP contribution in [0.25, 0.3) is 6.08 Å². The van der Waals surface area contributed by atoms with Crippen LogP contribution in [0.1, 0.15) is 11.1 Å². The van der Waals surface area contributed by atoms with Crippen LogP contribution in [0.5, 0.6) is 0 Å². The first kappa shape index (κ1) is 17.7. The molecule has 0 N–H and O–H groups in total. The van der Waals surface area contributed by atoms with Crippen LogP contribution >= 0.6 is 0 Å². The van der Waals surface area contributed by atoms with Crippen LogP contribution in [0.15, 0.2) is 60.7 Å². The van der Waals surface area contributed by atoms with Gasteiger partial charge < -0.3 is 4.90 Å². The highest BCUT2D eigenvalue weighted by Crippen LogP contribution is 2.13. The molecular formula is C22H29N3. The lowest BCUT2D eigenvalue weighted by atomic mass is 10.2. The predicted octanol–water partition coefficient (Wildman–Crippen LogP) is 3.58. The summed E-state index contributed by atoms with van der Waals surface area (Å²) >= 11 is 0. The summed E-state index contributed by atoms with van der Waals surface area (Å²) in [6, 6.07) is 19.5. The molecule has 0 bridgehead atoms. The van der Waals surface area contributed by atoms with Crippen molar-refractivity contribution in [1.29, 1.82) is 0 Å². The second-order valence-electron chi connectivity index (χ2n) is 6.95. The van der Waals surface area contributed by atoms with Gasteiger partial charge in [-0.2, -0.15) is 0 Å². The molecule has 132 valence electrons. The molecule has 1 aliphatic rings. The zero-order chi connectivity index (χ0) is 17.5. The molecule has 2 aromatic rings. The highest BCUT2D eigenvalue weighted by atomic mass is 15.3. The molecule has 0 saturated carbocycles. The molecule has 0 aromatic heterocycles. The van der Waals surface area contributed by atoms with Crippen molar-refractivity contribution in [3.63, 3.8) is 0 Å². The Balaban J connectivity index is 1.41. The minimum absolute atomic E-state index is 1.04. The van der Waals surface area contributed by atoms with Gasteiger partial charge in [0.2, 0.25) is 0 Å². The summed E-state index contributed by atoms with van der Waals surface area (Å²) in [5.41, 5.74) is 3.93. The van der Waals surface area contributed by atoms with E-state index >= 15 is 0 Å². The van der Waals surface area contributed by atoms with Crippen LogP contribution in [0.4, 0.5) is 5.69 Å². The first-order valence-electron chi connectivity index (χ1n) is 9.13. The van der Waals surface area contributed by atoms with Crippen molar-refractivity contribution < 1.29 is 0 Å². The van der Waals surface area contributed by atoms with Crippen molar-refractivity contribution in [2.24, 2.45) is 0 Å². The van der Waals surface area contributed by atoms with E-state index in [1.54, 1.807) is 0 Å². The van der Waals surface area contributed by atoms with Crippen LogP contribution in [-0.4, -0.2) is 56.6 Å². The van der Waals surface area contributed by atoms with Crippen molar-refractivity contribution in [1.82, 2.24) is 9.80 Å². The average Bonchev–Trinajstić information content (AvgIpc) is 2.64. The van der Waals surface area contributed by atoms with Crippen molar-refractivity contribution >= 4 is 11.8 Å². The lowest BCUT2D eigenvalue weighted by molar-refractivity contribution is 0.137. The third kappa shape index (κ3) is 5.45. The van der Waals surface area contributed by atoms with E-state index in [4.69, 9.17) is 0 Å². The third-order valence-corrected chi connectivity index (χ3v) is 4.80. The van der Waals surface area contributed by atoms with Gasteiger partial charge in [-0.25, -0.2) is 0 Å². The molecule has 3 heteroatoms. The third-order valence-electron chi connectivity index (χ3n) is 4.80.